The number of allylic oxidation sites excluding steroid dienone is 5. The summed E-state index contributed by atoms with van der Waals surface area (Å²) in [6.07, 6.45) is 9.60. The van der Waals surface area contributed by atoms with Crippen molar-refractivity contribution in [3.05, 3.63) is 36.5 Å². The maximum atomic E-state index is 13.6. The molecule has 2 unspecified atom stereocenters. The molecule has 0 aliphatic heterocycles. The van der Waals surface area contributed by atoms with Crippen LogP contribution in [0, 0.1) is 0 Å². The lowest BCUT2D eigenvalue weighted by atomic mass is 9.70. The summed E-state index contributed by atoms with van der Waals surface area (Å²) in [6.45, 7) is 10.2. The molecule has 0 aliphatic rings. The highest BCUT2D eigenvalue weighted by Gasteiger charge is 2.37. The van der Waals surface area contributed by atoms with E-state index in [1.807, 2.05) is 19.1 Å². The van der Waals surface area contributed by atoms with Crippen LogP contribution in [0.15, 0.2) is 36.5 Å². The van der Waals surface area contributed by atoms with Crippen LogP contribution in [-0.2, 0) is 14.2 Å². The van der Waals surface area contributed by atoms with Crippen molar-refractivity contribution in [2.45, 2.75) is 84.2 Å². The van der Waals surface area contributed by atoms with Gasteiger partial charge in [-0.25, -0.2) is 8.78 Å². The van der Waals surface area contributed by atoms with Crippen molar-refractivity contribution in [2.24, 2.45) is 0 Å². The molecule has 0 amide bonds. The molecule has 0 bridgehead atoms. The van der Waals surface area contributed by atoms with Crippen molar-refractivity contribution in [1.82, 2.24) is 5.32 Å². The number of carbonyl (C=O) groups is 2. The standard InChI is InChI=1S/C12H24BF2NO3.C10H14O/c1-5-6-7-12(14,15)8-9(2)13(18)19-11(16-4)10(3)17;1-3-5-6-8-10(9-11)7-4-2/h9,11,16,18H,5-8H2,1-4H3;4,6-9H,2-3,5H2,1H3/b;8-6-,10-7+. The molecule has 5 nitrogen and oxygen atoms in total. The van der Waals surface area contributed by atoms with Crippen molar-refractivity contribution in [3.63, 3.8) is 0 Å². The molecule has 0 aromatic heterocycles. The van der Waals surface area contributed by atoms with E-state index in [-0.39, 0.29) is 12.2 Å². The second-order valence-corrected chi connectivity index (χ2v) is 7.16. The van der Waals surface area contributed by atoms with E-state index < -0.39 is 31.5 Å². The summed E-state index contributed by atoms with van der Waals surface area (Å²) in [5.74, 6) is -3.88. The zero-order valence-corrected chi connectivity index (χ0v) is 19.0. The van der Waals surface area contributed by atoms with Crippen LogP contribution in [0.4, 0.5) is 8.78 Å². The highest BCUT2D eigenvalue weighted by Crippen LogP contribution is 2.32. The van der Waals surface area contributed by atoms with Gasteiger partial charge in [-0.2, -0.15) is 0 Å². The van der Waals surface area contributed by atoms with Gasteiger partial charge in [0.1, 0.15) is 6.29 Å². The summed E-state index contributed by atoms with van der Waals surface area (Å²) in [6, 6.07) is 0. The smallest absolute Gasteiger partial charge is 0.427 e. The minimum Gasteiger partial charge on any atom is -0.427 e. The van der Waals surface area contributed by atoms with E-state index in [1.165, 1.54) is 20.9 Å². The lowest BCUT2D eigenvalue weighted by Crippen LogP contribution is -2.42. The molecule has 0 heterocycles. The Morgan fingerprint density at radius 1 is 1.33 bits per heavy atom. The summed E-state index contributed by atoms with van der Waals surface area (Å²) < 4.78 is 32.1. The molecule has 0 aliphatic carbocycles. The third-order valence-electron chi connectivity index (χ3n) is 4.12. The number of Topliss-reactive ketones (excluding diaryl/α,β-unsaturated/α-hetero) is 1. The highest BCUT2D eigenvalue weighted by molar-refractivity contribution is 6.45. The van der Waals surface area contributed by atoms with Gasteiger partial charge in [0.2, 0.25) is 5.92 Å². The number of halogens is 2. The maximum absolute atomic E-state index is 13.6. The fourth-order valence-corrected chi connectivity index (χ4v) is 2.41. The van der Waals surface area contributed by atoms with Crippen LogP contribution < -0.4 is 5.32 Å². The van der Waals surface area contributed by atoms with Crippen LogP contribution in [0.3, 0.4) is 0 Å². The number of alkyl halides is 2. The molecule has 8 heteroatoms. The van der Waals surface area contributed by atoms with Crippen LogP contribution >= 0.6 is 0 Å². The Kier molecular flexibility index (Phi) is 18.5. The number of unbranched alkanes of at least 4 members (excludes halogenated alkanes) is 2. The topological polar surface area (TPSA) is 75.6 Å². The van der Waals surface area contributed by atoms with Gasteiger partial charge < -0.3 is 9.68 Å². The predicted octanol–water partition coefficient (Wildman–Crippen LogP) is 4.88. The molecule has 0 fully saturated rings. The summed E-state index contributed by atoms with van der Waals surface area (Å²) in [4.78, 5) is 21.4. The van der Waals surface area contributed by atoms with Gasteiger partial charge in [-0.1, -0.05) is 64.5 Å². The first-order chi connectivity index (χ1) is 14.1. The first-order valence-corrected chi connectivity index (χ1v) is 10.4. The molecule has 0 saturated heterocycles. The molecule has 2 N–H and O–H groups in total. The average molecular weight is 429 g/mol. The Labute approximate surface area is 180 Å². The van der Waals surface area contributed by atoms with Gasteiger partial charge in [-0.3, -0.25) is 14.9 Å². The number of ketones is 1. The third kappa shape index (κ3) is 16.2. The van der Waals surface area contributed by atoms with Crippen molar-refractivity contribution in [2.75, 3.05) is 7.05 Å². The number of hydrogen-bond donors (Lipinski definition) is 2. The van der Waals surface area contributed by atoms with E-state index in [9.17, 15) is 23.4 Å². The van der Waals surface area contributed by atoms with Crippen LogP contribution in [0.5, 0.6) is 0 Å². The molecule has 0 aromatic rings. The Bertz CT molecular complexity index is 553. The van der Waals surface area contributed by atoms with Gasteiger partial charge in [-0.05, 0) is 32.6 Å². The third-order valence-corrected chi connectivity index (χ3v) is 4.12. The van der Waals surface area contributed by atoms with Crippen molar-refractivity contribution < 1.29 is 28.0 Å². The predicted molar refractivity (Wildman–Crippen MR) is 119 cm³/mol. The summed E-state index contributed by atoms with van der Waals surface area (Å²) in [5, 5.41) is 12.3. The molecule has 0 aromatic carbocycles. The zero-order valence-electron chi connectivity index (χ0n) is 19.0. The van der Waals surface area contributed by atoms with Gasteiger partial charge in [0, 0.05) is 18.4 Å². The summed E-state index contributed by atoms with van der Waals surface area (Å²) in [7, 11) is 0.105. The Balaban J connectivity index is 0. The minimum atomic E-state index is -2.81. The van der Waals surface area contributed by atoms with E-state index in [4.69, 9.17) is 4.65 Å². The lowest BCUT2D eigenvalue weighted by molar-refractivity contribution is -0.125. The molecule has 172 valence electrons. The van der Waals surface area contributed by atoms with Gasteiger partial charge in [0.25, 0.3) is 0 Å². The van der Waals surface area contributed by atoms with E-state index in [0.29, 0.717) is 18.4 Å². The number of likely N-dealkylation sites (N-methyl/N-ethyl adjacent to an activating group) is 1. The molecule has 2 atom stereocenters. The minimum absolute atomic E-state index is 0.192. The van der Waals surface area contributed by atoms with E-state index >= 15 is 0 Å². The number of rotatable bonds is 15. The molecule has 0 radical (unpaired) electrons. The number of hydrogen-bond acceptors (Lipinski definition) is 5. The Morgan fingerprint density at radius 3 is 2.40 bits per heavy atom. The number of aldehydes is 1. The fraction of sp³-hybridized carbons (Fsp3) is 0.636. The van der Waals surface area contributed by atoms with Crippen molar-refractivity contribution in [3.8, 4) is 0 Å². The average Bonchev–Trinajstić information content (AvgIpc) is 2.69. The summed E-state index contributed by atoms with van der Waals surface area (Å²) >= 11 is 0. The Morgan fingerprint density at radius 2 is 1.97 bits per heavy atom. The second-order valence-electron chi connectivity index (χ2n) is 7.16. The van der Waals surface area contributed by atoms with E-state index in [2.05, 4.69) is 18.8 Å². The number of carbonyl (C=O) groups excluding carboxylic acids is 2. The second kappa shape index (κ2) is 18.2. The normalized spacial score (nSPS) is 13.9. The zero-order chi connectivity index (χ0) is 23.6. The Hall–Kier alpha value is -1.64. The van der Waals surface area contributed by atoms with Crippen LogP contribution in [0.1, 0.15) is 66.2 Å². The van der Waals surface area contributed by atoms with Crippen LogP contribution in [-0.4, -0.2) is 43.4 Å². The van der Waals surface area contributed by atoms with Crippen molar-refractivity contribution in [1.29, 1.82) is 0 Å². The van der Waals surface area contributed by atoms with Gasteiger partial charge in [-0.15, -0.1) is 0 Å². The molecule has 0 spiro atoms. The lowest BCUT2D eigenvalue weighted by Gasteiger charge is -2.24. The molecular formula is C22H38BF2NO4. The molecule has 0 rings (SSSR count). The number of nitrogens with one attached hydrogen (secondary N) is 1. The van der Waals surface area contributed by atoms with Gasteiger partial charge in [0.15, 0.2) is 12.0 Å². The SMILES string of the molecule is C=C/C=C(C=O)\C=C/CCC.CCCCC(F)(F)CC(C)B(O)OC(NC)C(C)=O. The van der Waals surface area contributed by atoms with Crippen molar-refractivity contribution >= 4 is 19.2 Å². The molecular weight excluding hydrogens is 391 g/mol. The fourth-order valence-electron chi connectivity index (χ4n) is 2.41. The quantitative estimate of drug-likeness (QED) is 0.128. The molecule has 0 saturated carbocycles. The van der Waals surface area contributed by atoms with Crippen LogP contribution in [0.2, 0.25) is 5.82 Å². The first kappa shape index (κ1) is 30.6. The monoisotopic (exact) mass is 429 g/mol. The summed E-state index contributed by atoms with van der Waals surface area (Å²) in [5.41, 5.74) is 0.674. The largest absolute Gasteiger partial charge is 0.458 e. The highest BCUT2D eigenvalue weighted by atomic mass is 19.3. The first-order valence-electron chi connectivity index (χ1n) is 10.4. The van der Waals surface area contributed by atoms with Crippen LogP contribution in [0.25, 0.3) is 0 Å². The van der Waals surface area contributed by atoms with Gasteiger partial charge >= 0.3 is 7.12 Å². The molecule has 30 heavy (non-hydrogen) atoms. The van der Waals surface area contributed by atoms with E-state index in [1.54, 1.807) is 12.2 Å². The van der Waals surface area contributed by atoms with E-state index in [0.717, 1.165) is 19.1 Å². The maximum Gasteiger partial charge on any atom is 0.458 e. The van der Waals surface area contributed by atoms with Gasteiger partial charge in [0.05, 0.1) is 0 Å².